The number of unbranched alkanes of at least 4 members (excludes halogenated alkanes) is 1. The van der Waals surface area contributed by atoms with Gasteiger partial charge in [0.15, 0.2) is 0 Å². The van der Waals surface area contributed by atoms with Crippen molar-refractivity contribution in [2.24, 2.45) is 52.9 Å². The topological polar surface area (TPSA) is 357 Å². The van der Waals surface area contributed by atoms with Gasteiger partial charge in [0.2, 0.25) is 70.9 Å². The number of hydrogen-bond donors (Lipinski definition) is 6. The lowest BCUT2D eigenvalue weighted by molar-refractivity contribution is -0.167. The quantitative estimate of drug-likeness (QED) is 0.0433. The third-order valence-electron chi connectivity index (χ3n) is 18.7. The van der Waals surface area contributed by atoms with Gasteiger partial charge in [-0.1, -0.05) is 122 Å². The van der Waals surface area contributed by atoms with E-state index in [0.29, 0.717) is 32.2 Å². The van der Waals surface area contributed by atoms with Crippen LogP contribution < -0.4 is 32.7 Å². The molecule has 28 heteroatoms. The number of nitrogens with one attached hydrogen (secondary N) is 4. The molecule has 0 spiro atoms. The Balaban J connectivity index is 4.62. The van der Waals surface area contributed by atoms with Crippen LogP contribution in [0.15, 0.2) is 12.2 Å². The van der Waals surface area contributed by atoms with Crippen LogP contribution in [0.3, 0.4) is 0 Å². The highest BCUT2D eigenvalue weighted by atomic mass is 16.5. The van der Waals surface area contributed by atoms with E-state index in [4.69, 9.17) is 16.2 Å². The van der Waals surface area contributed by atoms with Crippen LogP contribution in [-0.2, 0) is 67.1 Å². The Morgan fingerprint density at radius 2 is 1.01 bits per heavy atom. The summed E-state index contributed by atoms with van der Waals surface area (Å²) in [6, 6.07) is -14.0. The van der Waals surface area contributed by atoms with Crippen molar-refractivity contribution in [3.8, 4) is 0 Å². The molecule has 12 amide bonds. The van der Waals surface area contributed by atoms with Crippen molar-refractivity contribution < 1.29 is 67.1 Å². The molecule has 1 rings (SSSR count). The molecule has 1 heterocycles. The molecule has 578 valence electrons. The zero-order chi connectivity index (χ0) is 77.9. The van der Waals surface area contributed by atoms with Crippen molar-refractivity contribution in [1.29, 1.82) is 0 Å². The molecule has 0 radical (unpaired) electrons. The van der Waals surface area contributed by atoms with Gasteiger partial charge in [-0.15, -0.1) is 0 Å². The standard InChI is InChI=1S/C73H132N14O14/c1-26-29-32-48(16)62(101-58(89)41-87(35-27-2)68(95)51(75)33-30-31-34-74)61-66(93)78-52(28-3)69(96)80(19)40-57(88)81(20)53(36-42(4)5)65(92)79-59(46(12)13)72(99)82(21)54(37-43(6)7)64(91)76-49(17)63(90)77-50(18)67(94)83(22)55(38-44(8)9)70(97)84(23)56(39-45(10)11)71(98)85(24)60(47(14)15)73(100)86(61)25/h26,29,42-56,59-62H,27-28,30-41,74-75H2,1-25H3,(H,76,91)(H,77,90)(H,78,93)(H,79,92)/b29-26+/t48-,49+,50+,51+,52+,53+,54+,55+,56+,59+,60+,61+,62-/m1/s1. The van der Waals surface area contributed by atoms with Crippen LogP contribution >= 0.6 is 0 Å². The van der Waals surface area contributed by atoms with E-state index in [1.807, 2.05) is 62.3 Å². The van der Waals surface area contributed by atoms with E-state index in [2.05, 4.69) is 21.3 Å². The maximum absolute atomic E-state index is 15.8. The SMILES string of the molecule is C/C=C/C[C@@H](C)[C@@H](OC(=O)CN(CCC)C(=O)[C@@H](N)CCCCN)[C@H]1C(=O)N[C@@H](CC)C(=O)N(C)CC(=O)N(C)[C@@H](CC(C)C)C(=O)N[C@@H](C(C)C)C(=O)N(C)[C@@H](CC(C)C)C(=O)N[C@@H](C)C(=O)N[C@@H](C)C(=O)N(C)[C@@H](CC(C)C)C(=O)N(C)[C@@H](CC(C)C)C(=O)N(C)[C@@H](C(C)C)C(=O)N1C. The van der Waals surface area contributed by atoms with E-state index in [1.165, 1.54) is 92.6 Å². The number of ether oxygens (including phenoxy) is 1. The molecule has 1 aliphatic heterocycles. The average Bonchev–Trinajstić information content (AvgIpc) is 0.798. The molecule has 8 N–H and O–H groups in total. The summed E-state index contributed by atoms with van der Waals surface area (Å²) in [7, 11) is 9.78. The fourth-order valence-electron chi connectivity index (χ4n) is 12.6. The summed E-state index contributed by atoms with van der Waals surface area (Å²) in [5.41, 5.74) is 12.1. The largest absolute Gasteiger partial charge is 0.458 e. The van der Waals surface area contributed by atoms with Gasteiger partial charge in [-0.2, -0.15) is 0 Å². The number of nitrogens with zero attached hydrogens (tertiary/aromatic N) is 8. The van der Waals surface area contributed by atoms with Gasteiger partial charge in [-0.25, -0.2) is 0 Å². The molecule has 28 nitrogen and oxygen atoms in total. The fourth-order valence-corrected chi connectivity index (χ4v) is 12.6. The van der Waals surface area contributed by atoms with Crippen molar-refractivity contribution in [1.82, 2.24) is 60.5 Å². The van der Waals surface area contributed by atoms with E-state index in [9.17, 15) is 43.2 Å². The van der Waals surface area contributed by atoms with Crippen LogP contribution in [0.2, 0.25) is 0 Å². The van der Waals surface area contributed by atoms with Gasteiger partial charge in [0.1, 0.15) is 73.1 Å². The van der Waals surface area contributed by atoms with Gasteiger partial charge < -0.3 is 76.7 Å². The maximum Gasteiger partial charge on any atom is 0.326 e. The first kappa shape index (κ1) is 91.8. The van der Waals surface area contributed by atoms with Crippen molar-refractivity contribution in [2.75, 3.05) is 75.5 Å². The van der Waals surface area contributed by atoms with Crippen molar-refractivity contribution >= 4 is 76.9 Å². The smallest absolute Gasteiger partial charge is 0.326 e. The molecule has 0 saturated carbocycles. The zero-order valence-corrected chi connectivity index (χ0v) is 66.0. The highest BCUT2D eigenvalue weighted by Crippen LogP contribution is 2.27. The Bertz CT molecular complexity index is 2800. The Morgan fingerprint density at radius 3 is 1.49 bits per heavy atom. The minimum absolute atomic E-state index is 0.0664. The molecular formula is C73H132N14O14. The van der Waals surface area contributed by atoms with Gasteiger partial charge in [0, 0.05) is 55.9 Å². The lowest BCUT2D eigenvalue weighted by Gasteiger charge is -2.42. The van der Waals surface area contributed by atoms with Gasteiger partial charge in [-0.3, -0.25) is 62.3 Å². The van der Waals surface area contributed by atoms with E-state index in [1.54, 1.807) is 60.6 Å². The second-order valence-corrected chi connectivity index (χ2v) is 30.2. The molecule has 13 atom stereocenters. The average molecular weight is 1430 g/mol. The highest BCUT2D eigenvalue weighted by Gasteiger charge is 2.47. The molecule has 1 fully saturated rings. The molecule has 1 saturated heterocycles. The predicted octanol–water partition coefficient (Wildman–Crippen LogP) is 3.51. The summed E-state index contributed by atoms with van der Waals surface area (Å²) >= 11 is 0. The number of likely N-dealkylation sites (N-methyl/N-ethyl adjacent to an activating group) is 7. The van der Waals surface area contributed by atoms with E-state index >= 15 is 19.2 Å². The van der Waals surface area contributed by atoms with Gasteiger partial charge in [0.05, 0.1) is 12.6 Å². The van der Waals surface area contributed by atoms with Crippen LogP contribution in [0.5, 0.6) is 0 Å². The lowest BCUT2D eigenvalue weighted by atomic mass is 9.91. The van der Waals surface area contributed by atoms with Crippen molar-refractivity contribution in [2.45, 2.75) is 261 Å². The van der Waals surface area contributed by atoms with Gasteiger partial charge >= 0.3 is 5.97 Å². The molecule has 1 aliphatic rings. The zero-order valence-electron chi connectivity index (χ0n) is 66.0. The van der Waals surface area contributed by atoms with Crippen LogP contribution in [0.1, 0.15) is 189 Å². The number of carbonyl (C=O) groups excluding carboxylic acids is 13. The minimum Gasteiger partial charge on any atom is -0.458 e. The normalized spacial score (nSPS) is 24.7. The van der Waals surface area contributed by atoms with E-state index in [-0.39, 0.29) is 68.7 Å². The second-order valence-electron chi connectivity index (χ2n) is 30.2. The molecule has 0 bridgehead atoms. The van der Waals surface area contributed by atoms with Gasteiger partial charge in [-0.05, 0) is 127 Å². The summed E-state index contributed by atoms with van der Waals surface area (Å²) in [5, 5.41) is 11.1. The van der Waals surface area contributed by atoms with Crippen molar-refractivity contribution in [3.63, 3.8) is 0 Å². The number of allylic oxidation sites excluding steroid dienone is 2. The summed E-state index contributed by atoms with van der Waals surface area (Å²) < 4.78 is 6.38. The van der Waals surface area contributed by atoms with Crippen LogP contribution in [-0.4, -0.2) is 264 Å². The highest BCUT2D eigenvalue weighted by molar-refractivity contribution is 6.00. The number of amides is 12. The summed E-state index contributed by atoms with van der Waals surface area (Å²) in [6.45, 7) is 30.7. The Hall–Kier alpha value is -7.23. The molecule has 0 aliphatic carbocycles. The van der Waals surface area contributed by atoms with Crippen LogP contribution in [0.25, 0.3) is 0 Å². The first-order chi connectivity index (χ1) is 46.9. The molecule has 0 aromatic carbocycles. The third kappa shape index (κ3) is 27.5. The molecule has 0 unspecified atom stereocenters. The number of esters is 1. The number of nitrogens with two attached hydrogens (primary N) is 2. The molecule has 101 heavy (non-hydrogen) atoms. The van der Waals surface area contributed by atoms with E-state index in [0.717, 1.165) is 9.80 Å². The van der Waals surface area contributed by atoms with Gasteiger partial charge in [0.25, 0.3) is 0 Å². The van der Waals surface area contributed by atoms with E-state index < -0.39 is 180 Å². The number of carbonyl (C=O) groups is 13. The minimum atomic E-state index is -1.77. The Morgan fingerprint density at radius 1 is 0.545 bits per heavy atom. The van der Waals surface area contributed by atoms with Crippen LogP contribution in [0, 0.1) is 41.4 Å². The second kappa shape index (κ2) is 43.7. The fraction of sp³-hybridized carbons (Fsp3) is 0.795. The first-order valence-electron chi connectivity index (χ1n) is 36.5. The number of rotatable bonds is 25. The monoisotopic (exact) mass is 1430 g/mol. The maximum atomic E-state index is 15.8. The molecule has 0 aromatic rings. The lowest BCUT2D eigenvalue weighted by Crippen LogP contribution is -2.64. The molecule has 0 aromatic heterocycles. The summed E-state index contributed by atoms with van der Waals surface area (Å²) in [5.74, 6) is -12.2. The number of hydrogen-bond acceptors (Lipinski definition) is 16. The van der Waals surface area contributed by atoms with Crippen molar-refractivity contribution in [3.05, 3.63) is 12.2 Å². The Labute approximate surface area is 603 Å². The summed E-state index contributed by atoms with van der Waals surface area (Å²) in [4.78, 5) is 202. The third-order valence-corrected chi connectivity index (χ3v) is 18.7. The molecular weight excluding hydrogens is 1300 g/mol. The predicted molar refractivity (Wildman–Crippen MR) is 390 cm³/mol. The Kier molecular flexibility index (Phi) is 39.7. The van der Waals surface area contributed by atoms with Crippen LogP contribution in [0.4, 0.5) is 0 Å². The summed E-state index contributed by atoms with van der Waals surface area (Å²) in [6.07, 6.45) is 4.52. The first-order valence-corrected chi connectivity index (χ1v) is 36.5.